The number of carbonyl (C=O) groups is 7. The van der Waals surface area contributed by atoms with E-state index in [1.54, 1.807) is 27.7 Å². The van der Waals surface area contributed by atoms with Crippen molar-refractivity contribution in [3.05, 3.63) is 0 Å². The molecule has 0 aromatic heterocycles. The van der Waals surface area contributed by atoms with Gasteiger partial charge in [-0.15, -0.1) is 0 Å². The van der Waals surface area contributed by atoms with E-state index in [1.807, 2.05) is 13.8 Å². The summed E-state index contributed by atoms with van der Waals surface area (Å²) in [4.78, 5) is 85.7. The van der Waals surface area contributed by atoms with Gasteiger partial charge in [-0.2, -0.15) is 0 Å². The Morgan fingerprint density at radius 3 is 1.57 bits per heavy atom. The molecule has 0 aromatic carbocycles. The van der Waals surface area contributed by atoms with Gasteiger partial charge in [0.1, 0.15) is 24.2 Å². The number of nitrogens with two attached hydrogens (primary N) is 2. The molecule has 15 nitrogen and oxygen atoms in total. The Morgan fingerprint density at radius 2 is 1.15 bits per heavy atom. The van der Waals surface area contributed by atoms with Gasteiger partial charge in [-0.25, -0.2) is 4.79 Å². The van der Waals surface area contributed by atoms with E-state index in [9.17, 15) is 38.7 Å². The second-order valence-electron chi connectivity index (χ2n) is 10.8. The Morgan fingerprint density at radius 1 is 0.675 bits per heavy atom. The molecule has 0 saturated heterocycles. The fourth-order valence-electron chi connectivity index (χ4n) is 3.66. The molecule has 15 heteroatoms. The third kappa shape index (κ3) is 13.4. The van der Waals surface area contributed by atoms with E-state index in [0.717, 1.165) is 0 Å². The maximum atomic E-state index is 13.2. The van der Waals surface area contributed by atoms with Crippen molar-refractivity contribution in [3.63, 3.8) is 0 Å². The largest absolute Gasteiger partial charge is 0.481 e. The van der Waals surface area contributed by atoms with Gasteiger partial charge in [0, 0.05) is 6.42 Å². The van der Waals surface area contributed by atoms with Crippen LogP contribution in [0.4, 0.5) is 0 Å². The molecule has 0 saturated carbocycles. The maximum Gasteiger partial charge on any atom is 0.326 e. The molecule has 0 aliphatic carbocycles. The first-order chi connectivity index (χ1) is 18.4. The van der Waals surface area contributed by atoms with E-state index in [1.165, 1.54) is 0 Å². The fraction of sp³-hybridized carbons (Fsp3) is 0.720. The normalized spacial score (nSPS) is 14.9. The van der Waals surface area contributed by atoms with Crippen LogP contribution in [0.15, 0.2) is 0 Å². The quantitative estimate of drug-likeness (QED) is 0.0935. The van der Waals surface area contributed by atoms with E-state index in [4.69, 9.17) is 16.6 Å². The van der Waals surface area contributed by atoms with Crippen LogP contribution in [0.2, 0.25) is 0 Å². The summed E-state index contributed by atoms with van der Waals surface area (Å²) in [5.74, 6) is -7.83. The van der Waals surface area contributed by atoms with Gasteiger partial charge in [-0.1, -0.05) is 41.5 Å². The zero-order valence-electron chi connectivity index (χ0n) is 23.9. The topological polar surface area (TPSA) is 260 Å². The number of carbonyl (C=O) groups excluding carboxylic acids is 5. The number of nitrogens with one attached hydrogen (secondary N) is 4. The van der Waals surface area contributed by atoms with Gasteiger partial charge in [-0.05, 0) is 30.6 Å². The number of rotatable bonds is 18. The molecule has 5 atom stereocenters. The zero-order valence-corrected chi connectivity index (χ0v) is 23.9. The highest BCUT2D eigenvalue weighted by atomic mass is 16.4. The number of aliphatic carboxylic acids is 2. The summed E-state index contributed by atoms with van der Waals surface area (Å²) in [5.41, 5.74) is 11.1. The van der Waals surface area contributed by atoms with Crippen LogP contribution < -0.4 is 32.7 Å². The molecular weight excluding hydrogens is 528 g/mol. The molecule has 0 rings (SSSR count). The van der Waals surface area contributed by atoms with Crippen molar-refractivity contribution in [2.75, 3.05) is 0 Å². The number of amides is 5. The SMILES string of the molecule is CC(C)C[C@H](N)C(=O)N[C@@H](CC(N)=O)C(=O)N[C@H](C(=O)N[C@@H](CCC(=O)O)C(=O)N[C@H](C(=O)O)C(C)C)C(C)C. The van der Waals surface area contributed by atoms with Gasteiger partial charge < -0.3 is 42.9 Å². The highest BCUT2D eigenvalue weighted by Gasteiger charge is 2.34. The molecule has 228 valence electrons. The summed E-state index contributed by atoms with van der Waals surface area (Å²) < 4.78 is 0. The second kappa shape index (κ2) is 17.0. The Hall–Kier alpha value is -3.75. The van der Waals surface area contributed by atoms with Crippen molar-refractivity contribution < 1.29 is 43.8 Å². The Bertz CT molecular complexity index is 938. The summed E-state index contributed by atoms with van der Waals surface area (Å²) in [5, 5.41) is 27.9. The molecule has 0 aromatic rings. The maximum absolute atomic E-state index is 13.2. The molecule has 0 aliphatic rings. The highest BCUT2D eigenvalue weighted by Crippen LogP contribution is 2.09. The first-order valence-electron chi connectivity index (χ1n) is 13.1. The van der Waals surface area contributed by atoms with Crippen LogP contribution >= 0.6 is 0 Å². The van der Waals surface area contributed by atoms with Gasteiger partial charge >= 0.3 is 11.9 Å². The van der Waals surface area contributed by atoms with Gasteiger partial charge in [0.05, 0.1) is 12.5 Å². The molecular formula is C25H44N6O9. The fourth-order valence-corrected chi connectivity index (χ4v) is 3.66. The van der Waals surface area contributed by atoms with E-state index in [-0.39, 0.29) is 12.3 Å². The van der Waals surface area contributed by atoms with Crippen molar-refractivity contribution in [1.29, 1.82) is 0 Å². The lowest BCUT2D eigenvalue weighted by Gasteiger charge is -2.28. The summed E-state index contributed by atoms with van der Waals surface area (Å²) in [6, 6.07) is -6.41. The molecule has 5 amide bonds. The summed E-state index contributed by atoms with van der Waals surface area (Å²) in [7, 11) is 0. The predicted molar refractivity (Wildman–Crippen MR) is 143 cm³/mol. The van der Waals surface area contributed by atoms with Crippen LogP contribution in [0.3, 0.4) is 0 Å². The van der Waals surface area contributed by atoms with E-state index in [0.29, 0.717) is 6.42 Å². The molecule has 10 N–H and O–H groups in total. The first kappa shape index (κ1) is 36.2. The summed E-state index contributed by atoms with van der Waals surface area (Å²) >= 11 is 0. The summed E-state index contributed by atoms with van der Waals surface area (Å²) in [6.07, 6.45) is -1.13. The van der Waals surface area contributed by atoms with Gasteiger partial charge in [-0.3, -0.25) is 28.8 Å². The van der Waals surface area contributed by atoms with Crippen LogP contribution in [0.5, 0.6) is 0 Å². The zero-order chi connectivity index (χ0) is 31.3. The Kier molecular flexibility index (Phi) is 15.4. The van der Waals surface area contributed by atoms with Crippen molar-refractivity contribution in [2.24, 2.45) is 29.2 Å². The standard InChI is InChI=1S/C25H44N6O9/c1-11(2)9-14(26)21(35)29-16(10-17(27)32)23(37)30-19(12(3)4)24(38)28-15(7-8-18(33)34)22(36)31-20(13(5)6)25(39)40/h11-16,19-20H,7-10,26H2,1-6H3,(H2,27,32)(H,28,38)(H,29,35)(H,30,37)(H,31,36)(H,33,34)(H,39,40)/t14-,15-,16-,19-,20-/m0/s1. The minimum absolute atomic E-state index is 0.0794. The van der Waals surface area contributed by atoms with Gasteiger partial charge in [0.25, 0.3) is 0 Å². The number of hydrogen-bond donors (Lipinski definition) is 8. The van der Waals surface area contributed by atoms with Crippen LogP contribution in [0.25, 0.3) is 0 Å². The van der Waals surface area contributed by atoms with Crippen molar-refractivity contribution in [1.82, 2.24) is 21.3 Å². The number of primary amides is 1. The lowest BCUT2D eigenvalue weighted by molar-refractivity contribution is -0.144. The third-order valence-corrected chi connectivity index (χ3v) is 5.86. The smallest absolute Gasteiger partial charge is 0.326 e. The highest BCUT2D eigenvalue weighted by molar-refractivity contribution is 5.97. The first-order valence-corrected chi connectivity index (χ1v) is 13.1. The van der Waals surface area contributed by atoms with Crippen LogP contribution in [-0.4, -0.2) is 81.9 Å². The van der Waals surface area contributed by atoms with Crippen LogP contribution in [0.1, 0.15) is 67.2 Å². The van der Waals surface area contributed by atoms with E-state index >= 15 is 0 Å². The second-order valence-corrected chi connectivity index (χ2v) is 10.8. The average molecular weight is 573 g/mol. The molecule has 0 heterocycles. The van der Waals surface area contributed by atoms with Gasteiger partial charge in [0.15, 0.2) is 0 Å². The Labute approximate surface area is 233 Å². The molecule has 0 bridgehead atoms. The molecule has 0 unspecified atom stereocenters. The molecule has 40 heavy (non-hydrogen) atoms. The molecule has 0 aliphatic heterocycles. The predicted octanol–water partition coefficient (Wildman–Crippen LogP) is -1.56. The minimum atomic E-state index is -1.44. The van der Waals surface area contributed by atoms with Gasteiger partial charge in [0.2, 0.25) is 29.5 Å². The van der Waals surface area contributed by atoms with E-state index in [2.05, 4.69) is 21.3 Å². The lowest BCUT2D eigenvalue weighted by Crippen LogP contribution is -2.60. The lowest BCUT2D eigenvalue weighted by atomic mass is 10.00. The van der Waals surface area contributed by atoms with Crippen LogP contribution in [-0.2, 0) is 33.6 Å². The minimum Gasteiger partial charge on any atom is -0.481 e. The van der Waals surface area contributed by atoms with Crippen molar-refractivity contribution >= 4 is 41.5 Å². The van der Waals surface area contributed by atoms with Crippen LogP contribution in [0, 0.1) is 17.8 Å². The molecule has 0 radical (unpaired) electrons. The Balaban J connectivity index is 5.83. The average Bonchev–Trinajstić information content (AvgIpc) is 2.80. The van der Waals surface area contributed by atoms with E-state index < -0.39 is 96.4 Å². The number of hydrogen-bond acceptors (Lipinski definition) is 8. The number of carboxylic acid groups (broad SMARTS) is 2. The number of carboxylic acids is 2. The van der Waals surface area contributed by atoms with Crippen molar-refractivity contribution in [3.8, 4) is 0 Å². The molecule has 0 fully saturated rings. The monoisotopic (exact) mass is 572 g/mol. The molecule has 0 spiro atoms. The third-order valence-electron chi connectivity index (χ3n) is 5.86. The summed E-state index contributed by atoms with van der Waals surface area (Å²) in [6.45, 7) is 9.98. The van der Waals surface area contributed by atoms with Crippen molar-refractivity contribution in [2.45, 2.75) is 97.4 Å².